The number of thiophene rings is 1. The molecule has 0 atom stereocenters. The maximum Gasteiger partial charge on any atom is 0.137 e. The van der Waals surface area contributed by atoms with E-state index in [0.29, 0.717) is 0 Å². The SMILES string of the molecule is CN1CCN(c2nccc3sccc23)CC1. The van der Waals surface area contributed by atoms with Crippen LogP contribution in [0.5, 0.6) is 0 Å². The summed E-state index contributed by atoms with van der Waals surface area (Å²) in [5.74, 6) is 1.16. The molecular weight excluding hydrogens is 218 g/mol. The highest BCUT2D eigenvalue weighted by Crippen LogP contribution is 2.28. The van der Waals surface area contributed by atoms with E-state index in [1.807, 2.05) is 6.20 Å². The third-order valence-electron chi connectivity index (χ3n) is 3.16. The number of hydrogen-bond acceptors (Lipinski definition) is 4. The Kier molecular flexibility index (Phi) is 2.53. The van der Waals surface area contributed by atoms with Gasteiger partial charge in [-0.2, -0.15) is 0 Å². The molecule has 84 valence electrons. The molecule has 0 bridgehead atoms. The maximum absolute atomic E-state index is 4.54. The molecule has 4 heteroatoms. The Bertz CT molecular complexity index is 486. The van der Waals surface area contributed by atoms with E-state index in [1.165, 1.54) is 10.1 Å². The normalized spacial score (nSPS) is 18.2. The summed E-state index contributed by atoms with van der Waals surface area (Å²) in [7, 11) is 2.18. The lowest BCUT2D eigenvalue weighted by Gasteiger charge is -2.33. The predicted molar refractivity (Wildman–Crippen MR) is 69.3 cm³/mol. The number of hydrogen-bond donors (Lipinski definition) is 0. The Labute approximate surface area is 99.3 Å². The van der Waals surface area contributed by atoms with Crippen LogP contribution in [0.3, 0.4) is 0 Å². The summed E-state index contributed by atoms with van der Waals surface area (Å²) in [6.07, 6.45) is 1.92. The molecule has 0 unspecified atom stereocenters. The standard InChI is InChI=1S/C12H15N3S/c1-14-5-7-15(8-6-14)12-10-3-9-16-11(10)2-4-13-12/h2-4,9H,5-8H2,1H3. The first-order chi connectivity index (χ1) is 7.84. The van der Waals surface area contributed by atoms with Gasteiger partial charge in [-0.15, -0.1) is 11.3 Å². The Balaban J connectivity index is 1.96. The van der Waals surface area contributed by atoms with Crippen molar-refractivity contribution in [1.82, 2.24) is 9.88 Å². The molecule has 3 heterocycles. The number of fused-ring (bicyclic) bond motifs is 1. The van der Waals surface area contributed by atoms with Gasteiger partial charge in [-0.3, -0.25) is 0 Å². The van der Waals surface area contributed by atoms with Crippen molar-refractivity contribution in [2.24, 2.45) is 0 Å². The van der Waals surface area contributed by atoms with Gasteiger partial charge in [0.25, 0.3) is 0 Å². The zero-order valence-electron chi connectivity index (χ0n) is 9.39. The molecular formula is C12H15N3S. The van der Waals surface area contributed by atoms with Gasteiger partial charge in [0, 0.05) is 42.5 Å². The molecule has 0 aliphatic carbocycles. The van der Waals surface area contributed by atoms with Crippen LogP contribution in [-0.4, -0.2) is 43.1 Å². The lowest BCUT2D eigenvalue weighted by molar-refractivity contribution is 0.312. The van der Waals surface area contributed by atoms with Crippen LogP contribution >= 0.6 is 11.3 Å². The minimum Gasteiger partial charge on any atom is -0.354 e. The van der Waals surface area contributed by atoms with Crippen molar-refractivity contribution in [3.05, 3.63) is 23.7 Å². The fourth-order valence-corrected chi connectivity index (χ4v) is 2.93. The van der Waals surface area contributed by atoms with Crippen molar-refractivity contribution in [3.8, 4) is 0 Å². The van der Waals surface area contributed by atoms with Gasteiger partial charge in [0.05, 0.1) is 0 Å². The average Bonchev–Trinajstić information content (AvgIpc) is 2.78. The number of pyridine rings is 1. The molecule has 0 N–H and O–H groups in total. The second kappa shape index (κ2) is 4.03. The molecule has 0 spiro atoms. The molecule has 1 saturated heterocycles. The highest BCUT2D eigenvalue weighted by atomic mass is 32.1. The largest absolute Gasteiger partial charge is 0.354 e. The van der Waals surface area contributed by atoms with E-state index in [1.54, 1.807) is 11.3 Å². The number of piperazine rings is 1. The summed E-state index contributed by atoms with van der Waals surface area (Å²) in [5.41, 5.74) is 0. The van der Waals surface area contributed by atoms with Crippen LogP contribution in [0.4, 0.5) is 5.82 Å². The third-order valence-corrected chi connectivity index (χ3v) is 4.04. The summed E-state index contributed by atoms with van der Waals surface area (Å²) in [6.45, 7) is 4.42. The summed E-state index contributed by atoms with van der Waals surface area (Å²) >= 11 is 1.79. The Hall–Kier alpha value is -1.13. The Morgan fingerprint density at radius 1 is 1.19 bits per heavy atom. The fraction of sp³-hybridized carbons (Fsp3) is 0.417. The molecule has 1 fully saturated rings. The quantitative estimate of drug-likeness (QED) is 0.751. The van der Waals surface area contributed by atoms with E-state index in [0.717, 1.165) is 32.0 Å². The molecule has 0 aromatic carbocycles. The summed E-state index contributed by atoms with van der Waals surface area (Å²) in [6, 6.07) is 4.28. The zero-order chi connectivity index (χ0) is 11.0. The number of nitrogens with zero attached hydrogens (tertiary/aromatic N) is 3. The van der Waals surface area contributed by atoms with Crippen LogP contribution in [0.2, 0.25) is 0 Å². The molecule has 1 aliphatic heterocycles. The van der Waals surface area contributed by atoms with Crippen LogP contribution < -0.4 is 4.90 Å². The zero-order valence-corrected chi connectivity index (χ0v) is 10.2. The molecule has 3 rings (SSSR count). The monoisotopic (exact) mass is 233 g/mol. The van der Waals surface area contributed by atoms with Crippen LogP contribution in [0, 0.1) is 0 Å². The van der Waals surface area contributed by atoms with Gasteiger partial charge in [0.1, 0.15) is 5.82 Å². The molecule has 0 amide bonds. The van der Waals surface area contributed by atoms with Gasteiger partial charge in [0.15, 0.2) is 0 Å². The van der Waals surface area contributed by atoms with Crippen molar-refractivity contribution in [3.63, 3.8) is 0 Å². The molecule has 0 saturated carbocycles. The van der Waals surface area contributed by atoms with Gasteiger partial charge in [-0.25, -0.2) is 4.98 Å². The van der Waals surface area contributed by atoms with Crippen molar-refractivity contribution in [2.45, 2.75) is 0 Å². The summed E-state index contributed by atoms with van der Waals surface area (Å²) in [5, 5.41) is 3.45. The molecule has 16 heavy (non-hydrogen) atoms. The molecule has 1 aliphatic rings. The van der Waals surface area contributed by atoms with E-state index >= 15 is 0 Å². The first-order valence-corrected chi connectivity index (χ1v) is 6.48. The van der Waals surface area contributed by atoms with Crippen LogP contribution in [0.1, 0.15) is 0 Å². The van der Waals surface area contributed by atoms with E-state index in [-0.39, 0.29) is 0 Å². The van der Waals surface area contributed by atoms with E-state index in [2.05, 4.69) is 39.3 Å². The lowest BCUT2D eigenvalue weighted by atomic mass is 10.2. The lowest BCUT2D eigenvalue weighted by Crippen LogP contribution is -2.44. The Morgan fingerprint density at radius 2 is 2.00 bits per heavy atom. The minimum absolute atomic E-state index is 1.08. The average molecular weight is 233 g/mol. The van der Waals surface area contributed by atoms with Crippen molar-refractivity contribution in [2.75, 3.05) is 38.1 Å². The van der Waals surface area contributed by atoms with E-state index < -0.39 is 0 Å². The molecule has 3 nitrogen and oxygen atoms in total. The molecule has 0 radical (unpaired) electrons. The highest BCUT2D eigenvalue weighted by molar-refractivity contribution is 7.17. The summed E-state index contributed by atoms with van der Waals surface area (Å²) < 4.78 is 1.34. The van der Waals surface area contributed by atoms with Gasteiger partial charge in [-0.05, 0) is 24.6 Å². The first kappa shape index (κ1) is 10.1. The molecule has 2 aromatic rings. The van der Waals surface area contributed by atoms with Gasteiger partial charge >= 0.3 is 0 Å². The number of anilines is 1. The fourth-order valence-electron chi connectivity index (χ4n) is 2.15. The minimum atomic E-state index is 1.08. The molecule has 2 aromatic heterocycles. The van der Waals surface area contributed by atoms with Crippen molar-refractivity contribution < 1.29 is 0 Å². The van der Waals surface area contributed by atoms with Gasteiger partial charge < -0.3 is 9.80 Å². The van der Waals surface area contributed by atoms with Gasteiger partial charge in [-0.1, -0.05) is 0 Å². The second-order valence-electron chi connectivity index (χ2n) is 4.26. The number of rotatable bonds is 1. The smallest absolute Gasteiger partial charge is 0.137 e. The number of aromatic nitrogens is 1. The van der Waals surface area contributed by atoms with Gasteiger partial charge in [0.2, 0.25) is 0 Å². The van der Waals surface area contributed by atoms with E-state index in [9.17, 15) is 0 Å². The van der Waals surface area contributed by atoms with Crippen molar-refractivity contribution >= 4 is 27.2 Å². The Morgan fingerprint density at radius 3 is 2.81 bits per heavy atom. The van der Waals surface area contributed by atoms with Crippen LogP contribution in [0.25, 0.3) is 10.1 Å². The van der Waals surface area contributed by atoms with Crippen LogP contribution in [-0.2, 0) is 0 Å². The predicted octanol–water partition coefficient (Wildman–Crippen LogP) is 2.05. The van der Waals surface area contributed by atoms with Crippen LogP contribution in [0.15, 0.2) is 23.7 Å². The summed E-state index contributed by atoms with van der Waals surface area (Å²) in [4.78, 5) is 9.31. The second-order valence-corrected chi connectivity index (χ2v) is 5.20. The first-order valence-electron chi connectivity index (χ1n) is 5.60. The highest BCUT2D eigenvalue weighted by Gasteiger charge is 2.17. The van der Waals surface area contributed by atoms with E-state index in [4.69, 9.17) is 0 Å². The maximum atomic E-state index is 4.54. The van der Waals surface area contributed by atoms with Crippen molar-refractivity contribution in [1.29, 1.82) is 0 Å². The number of likely N-dealkylation sites (N-methyl/N-ethyl adjacent to an activating group) is 1. The third kappa shape index (κ3) is 1.68. The topological polar surface area (TPSA) is 19.4 Å².